The van der Waals surface area contributed by atoms with Gasteiger partial charge in [0.1, 0.15) is 16.3 Å². The molecule has 150 valence electrons. The number of carbonyl (C=O) groups is 1. The summed E-state index contributed by atoms with van der Waals surface area (Å²) in [6, 6.07) is 7.21. The van der Waals surface area contributed by atoms with Crippen molar-refractivity contribution in [3.8, 4) is 5.69 Å². The van der Waals surface area contributed by atoms with Crippen LogP contribution in [0.25, 0.3) is 20.9 Å². The second-order valence-electron chi connectivity index (χ2n) is 6.85. The quantitative estimate of drug-likeness (QED) is 0.396. The zero-order chi connectivity index (χ0) is 20.8. The van der Waals surface area contributed by atoms with E-state index in [9.17, 15) is 9.59 Å². The van der Waals surface area contributed by atoms with Crippen LogP contribution in [-0.4, -0.2) is 24.9 Å². The second-order valence-corrected chi connectivity index (χ2v) is 8.72. The molecule has 0 aliphatic heterocycles. The first-order chi connectivity index (χ1) is 14.5. The topological polar surface area (TPSA) is 78.5 Å². The van der Waals surface area contributed by atoms with E-state index in [-0.39, 0.29) is 12.2 Å². The van der Waals surface area contributed by atoms with Crippen molar-refractivity contribution in [2.75, 3.05) is 0 Å². The number of hydrogen-bond donors (Lipinski definition) is 0. The molecule has 0 saturated carbocycles. The molecule has 0 radical (unpaired) electrons. The Kier molecular flexibility index (Phi) is 4.48. The zero-order valence-corrected chi connectivity index (χ0v) is 17.8. The average Bonchev–Trinajstić information content (AvgIpc) is 3.44. The molecule has 5 rings (SSSR count). The Hall–Kier alpha value is -3.30. The van der Waals surface area contributed by atoms with Crippen LogP contribution in [0, 0.1) is 13.8 Å². The van der Waals surface area contributed by atoms with Crippen molar-refractivity contribution >= 4 is 43.8 Å². The highest BCUT2D eigenvalue weighted by Crippen LogP contribution is 2.36. The van der Waals surface area contributed by atoms with E-state index in [2.05, 4.69) is 9.97 Å². The third-order valence-electron chi connectivity index (χ3n) is 4.72. The highest BCUT2D eigenvalue weighted by Gasteiger charge is 2.23. The number of nitrogens with zero attached hydrogens (tertiary/aromatic N) is 4. The fourth-order valence-electron chi connectivity index (χ4n) is 3.46. The molecule has 0 N–H and O–H groups in total. The van der Waals surface area contributed by atoms with E-state index in [0.717, 1.165) is 27.2 Å². The molecule has 0 unspecified atom stereocenters. The fraction of sp³-hybridized carbons (Fsp3) is 0.143. The minimum absolute atomic E-state index is 0.0761. The molecule has 0 atom stereocenters. The average molecular weight is 437 g/mol. The van der Waals surface area contributed by atoms with Crippen molar-refractivity contribution in [1.29, 1.82) is 0 Å². The Labute approximate surface area is 178 Å². The molecule has 0 aliphatic carbocycles. The lowest BCUT2D eigenvalue weighted by atomic mass is 10.1. The Morgan fingerprint density at radius 3 is 2.73 bits per heavy atom. The van der Waals surface area contributed by atoms with E-state index in [1.165, 1.54) is 33.1 Å². The second kappa shape index (κ2) is 7.19. The van der Waals surface area contributed by atoms with Gasteiger partial charge in [0.05, 0.1) is 11.4 Å². The van der Waals surface area contributed by atoms with Crippen LogP contribution in [0.4, 0.5) is 0 Å². The number of aromatic nitrogens is 4. The normalized spacial score (nSPS) is 11.4. The maximum atomic E-state index is 13.0. The van der Waals surface area contributed by atoms with Crippen LogP contribution in [-0.2, 0) is 11.3 Å². The van der Waals surface area contributed by atoms with Gasteiger partial charge in [-0.3, -0.25) is 9.20 Å². The monoisotopic (exact) mass is 436 g/mol. The molecule has 0 aromatic carbocycles. The zero-order valence-electron chi connectivity index (χ0n) is 16.2. The molecular formula is C21H16N4O3S2. The number of esters is 1. The van der Waals surface area contributed by atoms with Gasteiger partial charge < -0.3 is 9.30 Å². The predicted molar refractivity (Wildman–Crippen MR) is 117 cm³/mol. The number of rotatable bonds is 4. The minimum atomic E-state index is -0.466. The first-order valence-corrected chi connectivity index (χ1v) is 10.9. The molecule has 0 bridgehead atoms. The van der Waals surface area contributed by atoms with Crippen molar-refractivity contribution < 1.29 is 9.53 Å². The van der Waals surface area contributed by atoms with Crippen LogP contribution in [0.3, 0.4) is 0 Å². The molecule has 7 nitrogen and oxygen atoms in total. The summed E-state index contributed by atoms with van der Waals surface area (Å²) in [6.07, 6.45) is 5.46. The standard InChI is InChI=1S/C21H16N4O3S2/c1-12-9-13(2)22-19-16(12)17(24-5-3-4-6-24)18(30-19)20(27)28-11-14-10-15(26)25-7-8-29-21(25)23-14/h3-10H,11H2,1-2H3. The Bertz CT molecular complexity index is 1460. The summed E-state index contributed by atoms with van der Waals surface area (Å²) in [4.78, 5) is 36.0. The van der Waals surface area contributed by atoms with E-state index in [4.69, 9.17) is 4.74 Å². The number of fused-ring (bicyclic) bond motifs is 2. The fourth-order valence-corrected chi connectivity index (χ4v) is 5.39. The first-order valence-electron chi connectivity index (χ1n) is 9.18. The molecule has 0 aliphatic rings. The van der Waals surface area contributed by atoms with Crippen LogP contribution in [0.1, 0.15) is 26.6 Å². The summed E-state index contributed by atoms with van der Waals surface area (Å²) in [5.41, 5.74) is 2.93. The molecule has 0 amide bonds. The summed E-state index contributed by atoms with van der Waals surface area (Å²) in [6.45, 7) is 3.87. The maximum absolute atomic E-state index is 13.0. The van der Waals surface area contributed by atoms with Gasteiger partial charge in [0.15, 0.2) is 4.96 Å². The summed E-state index contributed by atoms with van der Waals surface area (Å²) in [5, 5.41) is 2.72. The van der Waals surface area contributed by atoms with Crippen LogP contribution >= 0.6 is 22.7 Å². The van der Waals surface area contributed by atoms with Gasteiger partial charge in [-0.05, 0) is 37.6 Å². The van der Waals surface area contributed by atoms with Gasteiger partial charge >= 0.3 is 5.97 Å². The molecule has 0 fully saturated rings. The van der Waals surface area contributed by atoms with Crippen molar-refractivity contribution in [3.05, 3.63) is 80.4 Å². The number of ether oxygens (including phenoxy) is 1. The lowest BCUT2D eigenvalue weighted by Gasteiger charge is -2.08. The number of thiazole rings is 1. The van der Waals surface area contributed by atoms with E-state index >= 15 is 0 Å². The number of hydrogen-bond acceptors (Lipinski definition) is 7. The van der Waals surface area contributed by atoms with Crippen LogP contribution in [0.15, 0.2) is 53.0 Å². The minimum Gasteiger partial charge on any atom is -0.455 e. The highest BCUT2D eigenvalue weighted by molar-refractivity contribution is 7.21. The summed E-state index contributed by atoms with van der Waals surface area (Å²) >= 11 is 2.66. The third kappa shape index (κ3) is 3.12. The third-order valence-corrected chi connectivity index (χ3v) is 6.53. The first kappa shape index (κ1) is 18.7. The van der Waals surface area contributed by atoms with Crippen molar-refractivity contribution in [3.63, 3.8) is 0 Å². The van der Waals surface area contributed by atoms with Gasteiger partial charge in [0.2, 0.25) is 0 Å². The molecule has 9 heteroatoms. The molecule has 5 aromatic heterocycles. The van der Waals surface area contributed by atoms with E-state index in [1.54, 1.807) is 11.6 Å². The smallest absolute Gasteiger partial charge is 0.350 e. The van der Waals surface area contributed by atoms with Crippen molar-refractivity contribution in [1.82, 2.24) is 18.9 Å². The molecular weight excluding hydrogens is 420 g/mol. The SMILES string of the molecule is Cc1cc(C)c2c(-n3cccc3)c(C(=O)OCc3cc(=O)n4ccsc4n3)sc2n1. The lowest BCUT2D eigenvalue weighted by Crippen LogP contribution is -2.14. The van der Waals surface area contributed by atoms with Crippen molar-refractivity contribution in [2.24, 2.45) is 0 Å². The number of aryl methyl sites for hydroxylation is 2. The number of thiophene rings is 1. The van der Waals surface area contributed by atoms with Crippen LogP contribution < -0.4 is 5.56 Å². The summed E-state index contributed by atoms with van der Waals surface area (Å²) < 4.78 is 8.92. The van der Waals surface area contributed by atoms with Gasteiger partial charge in [-0.25, -0.2) is 14.8 Å². The summed E-state index contributed by atoms with van der Waals surface area (Å²) in [7, 11) is 0. The maximum Gasteiger partial charge on any atom is 0.350 e. The molecule has 0 spiro atoms. The van der Waals surface area contributed by atoms with E-state index in [0.29, 0.717) is 15.5 Å². The number of pyridine rings is 1. The van der Waals surface area contributed by atoms with Crippen LogP contribution in [0.5, 0.6) is 0 Å². The predicted octanol–water partition coefficient (Wildman–Crippen LogP) is 4.13. The molecule has 5 aromatic rings. The van der Waals surface area contributed by atoms with Crippen molar-refractivity contribution in [2.45, 2.75) is 20.5 Å². The Morgan fingerprint density at radius 2 is 1.93 bits per heavy atom. The van der Waals surface area contributed by atoms with E-state index < -0.39 is 5.97 Å². The van der Waals surface area contributed by atoms with E-state index in [1.807, 2.05) is 49.0 Å². The largest absolute Gasteiger partial charge is 0.455 e. The van der Waals surface area contributed by atoms with Gasteiger partial charge in [-0.15, -0.1) is 22.7 Å². The van der Waals surface area contributed by atoms with Crippen LogP contribution in [0.2, 0.25) is 0 Å². The lowest BCUT2D eigenvalue weighted by molar-refractivity contribution is 0.0473. The molecule has 5 heterocycles. The molecule has 0 saturated heterocycles. The number of carbonyl (C=O) groups excluding carboxylic acids is 1. The molecule has 30 heavy (non-hydrogen) atoms. The summed E-state index contributed by atoms with van der Waals surface area (Å²) in [5.74, 6) is -0.466. The Morgan fingerprint density at radius 1 is 1.13 bits per heavy atom. The van der Waals surface area contributed by atoms with Gasteiger partial charge in [-0.1, -0.05) is 0 Å². The highest BCUT2D eigenvalue weighted by atomic mass is 32.1. The Balaban J connectivity index is 1.53. The van der Waals surface area contributed by atoms with Gasteiger partial charge in [-0.2, -0.15) is 0 Å². The van der Waals surface area contributed by atoms with Gasteiger partial charge in [0.25, 0.3) is 5.56 Å². The van der Waals surface area contributed by atoms with Gasteiger partial charge in [0, 0.05) is 41.1 Å².